The van der Waals surface area contributed by atoms with Crippen molar-refractivity contribution in [3.63, 3.8) is 0 Å². The van der Waals surface area contributed by atoms with Gasteiger partial charge in [0, 0.05) is 25.9 Å². The molecule has 1 aromatic rings. The molecule has 0 saturated heterocycles. The van der Waals surface area contributed by atoms with Crippen molar-refractivity contribution in [3.05, 3.63) is 18.0 Å². The van der Waals surface area contributed by atoms with E-state index in [0.29, 0.717) is 30.8 Å². The standard InChI is InChI=1S/C14H22N4O2/c1-20-10-9-15-13(19)12-7-8-16-14(18-12)17-11-5-3-2-4-6-11/h7-8,11H,2-6,9-10H2,1H3,(H,15,19)(H,16,17,18). The highest BCUT2D eigenvalue weighted by molar-refractivity contribution is 5.92. The summed E-state index contributed by atoms with van der Waals surface area (Å²) in [4.78, 5) is 20.3. The molecule has 1 amide bonds. The Morgan fingerprint density at radius 2 is 2.20 bits per heavy atom. The number of carbonyl (C=O) groups excluding carboxylic acids is 1. The number of amides is 1. The zero-order valence-corrected chi connectivity index (χ0v) is 11.9. The van der Waals surface area contributed by atoms with Gasteiger partial charge in [-0.2, -0.15) is 0 Å². The lowest BCUT2D eigenvalue weighted by Gasteiger charge is -2.22. The normalized spacial score (nSPS) is 15.8. The van der Waals surface area contributed by atoms with Crippen molar-refractivity contribution in [2.75, 3.05) is 25.6 Å². The zero-order valence-electron chi connectivity index (χ0n) is 11.9. The third-order valence-electron chi connectivity index (χ3n) is 3.42. The fraction of sp³-hybridized carbons (Fsp3) is 0.643. The number of carbonyl (C=O) groups is 1. The van der Waals surface area contributed by atoms with Crippen molar-refractivity contribution < 1.29 is 9.53 Å². The molecule has 6 heteroatoms. The lowest BCUT2D eigenvalue weighted by atomic mass is 9.96. The average Bonchev–Trinajstić information content (AvgIpc) is 2.49. The Labute approximate surface area is 119 Å². The molecule has 0 bridgehead atoms. The van der Waals surface area contributed by atoms with E-state index >= 15 is 0 Å². The summed E-state index contributed by atoms with van der Waals surface area (Å²) in [6, 6.07) is 2.05. The number of rotatable bonds is 6. The predicted octanol–water partition coefficient (Wildman–Crippen LogP) is 1.60. The van der Waals surface area contributed by atoms with Gasteiger partial charge in [-0.3, -0.25) is 4.79 Å². The second-order valence-corrected chi connectivity index (χ2v) is 4.99. The van der Waals surface area contributed by atoms with Crippen LogP contribution in [0.1, 0.15) is 42.6 Å². The first-order chi connectivity index (χ1) is 9.79. The van der Waals surface area contributed by atoms with Crippen LogP contribution in [-0.2, 0) is 4.74 Å². The van der Waals surface area contributed by atoms with Gasteiger partial charge in [-0.25, -0.2) is 9.97 Å². The van der Waals surface area contributed by atoms with E-state index in [9.17, 15) is 4.79 Å². The van der Waals surface area contributed by atoms with Gasteiger partial charge < -0.3 is 15.4 Å². The van der Waals surface area contributed by atoms with Crippen LogP contribution in [0.5, 0.6) is 0 Å². The molecular formula is C14H22N4O2. The minimum atomic E-state index is -0.198. The van der Waals surface area contributed by atoms with Crippen LogP contribution < -0.4 is 10.6 Å². The Hall–Kier alpha value is -1.69. The van der Waals surface area contributed by atoms with Gasteiger partial charge in [-0.05, 0) is 18.9 Å². The molecule has 1 aliphatic carbocycles. The van der Waals surface area contributed by atoms with Crippen LogP contribution >= 0.6 is 0 Å². The molecule has 1 heterocycles. The molecule has 6 nitrogen and oxygen atoms in total. The van der Waals surface area contributed by atoms with Crippen LogP contribution in [0.4, 0.5) is 5.95 Å². The summed E-state index contributed by atoms with van der Waals surface area (Å²) in [6.07, 6.45) is 7.70. The highest BCUT2D eigenvalue weighted by atomic mass is 16.5. The van der Waals surface area contributed by atoms with E-state index in [2.05, 4.69) is 20.6 Å². The monoisotopic (exact) mass is 278 g/mol. The van der Waals surface area contributed by atoms with Gasteiger partial charge in [-0.1, -0.05) is 19.3 Å². The molecule has 1 fully saturated rings. The maximum Gasteiger partial charge on any atom is 0.270 e. The third-order valence-corrected chi connectivity index (χ3v) is 3.42. The van der Waals surface area contributed by atoms with Crippen LogP contribution in [0.3, 0.4) is 0 Å². The molecular weight excluding hydrogens is 256 g/mol. The van der Waals surface area contributed by atoms with Crippen LogP contribution in [0.25, 0.3) is 0 Å². The molecule has 0 radical (unpaired) electrons. The molecule has 0 spiro atoms. The predicted molar refractivity (Wildman–Crippen MR) is 76.7 cm³/mol. The summed E-state index contributed by atoms with van der Waals surface area (Å²) >= 11 is 0. The Kier molecular flexibility index (Phi) is 5.73. The van der Waals surface area contributed by atoms with Gasteiger partial charge in [0.25, 0.3) is 5.91 Å². The number of aromatic nitrogens is 2. The number of methoxy groups -OCH3 is 1. The van der Waals surface area contributed by atoms with Crippen molar-refractivity contribution in [3.8, 4) is 0 Å². The summed E-state index contributed by atoms with van der Waals surface area (Å²) in [5, 5.41) is 6.07. The van der Waals surface area contributed by atoms with Gasteiger partial charge in [0.1, 0.15) is 5.69 Å². The number of hydrogen-bond acceptors (Lipinski definition) is 5. The van der Waals surface area contributed by atoms with Gasteiger partial charge in [0.15, 0.2) is 0 Å². The molecule has 0 aromatic carbocycles. The van der Waals surface area contributed by atoms with E-state index in [0.717, 1.165) is 12.8 Å². The summed E-state index contributed by atoms with van der Waals surface area (Å²) in [5.74, 6) is 0.340. The second kappa shape index (κ2) is 7.79. The van der Waals surface area contributed by atoms with Gasteiger partial charge in [0.05, 0.1) is 6.61 Å². The minimum Gasteiger partial charge on any atom is -0.383 e. The number of ether oxygens (including phenoxy) is 1. The van der Waals surface area contributed by atoms with E-state index in [1.165, 1.54) is 19.3 Å². The van der Waals surface area contributed by atoms with E-state index in [4.69, 9.17) is 4.74 Å². The molecule has 0 atom stereocenters. The summed E-state index contributed by atoms with van der Waals surface area (Å²) in [5.41, 5.74) is 0.384. The van der Waals surface area contributed by atoms with E-state index < -0.39 is 0 Å². The highest BCUT2D eigenvalue weighted by Gasteiger charge is 2.15. The van der Waals surface area contributed by atoms with Crippen LogP contribution in [0, 0.1) is 0 Å². The largest absolute Gasteiger partial charge is 0.383 e. The fourth-order valence-corrected chi connectivity index (χ4v) is 2.34. The summed E-state index contributed by atoms with van der Waals surface area (Å²) in [7, 11) is 1.60. The summed E-state index contributed by atoms with van der Waals surface area (Å²) in [6.45, 7) is 0.967. The van der Waals surface area contributed by atoms with Gasteiger partial charge in [-0.15, -0.1) is 0 Å². The van der Waals surface area contributed by atoms with Crippen molar-refractivity contribution in [1.29, 1.82) is 0 Å². The second-order valence-electron chi connectivity index (χ2n) is 4.99. The van der Waals surface area contributed by atoms with Crippen LogP contribution in [-0.4, -0.2) is 42.2 Å². The smallest absolute Gasteiger partial charge is 0.270 e. The van der Waals surface area contributed by atoms with Crippen LogP contribution in [0.2, 0.25) is 0 Å². The molecule has 110 valence electrons. The molecule has 1 saturated carbocycles. The molecule has 2 N–H and O–H groups in total. The van der Waals surface area contributed by atoms with Crippen molar-refractivity contribution >= 4 is 11.9 Å². The molecule has 0 unspecified atom stereocenters. The first kappa shape index (κ1) is 14.7. The lowest BCUT2D eigenvalue weighted by molar-refractivity contribution is 0.0932. The SMILES string of the molecule is COCCNC(=O)c1ccnc(NC2CCCCC2)n1. The quantitative estimate of drug-likeness (QED) is 0.773. The maximum absolute atomic E-state index is 11.9. The summed E-state index contributed by atoms with van der Waals surface area (Å²) < 4.78 is 4.89. The van der Waals surface area contributed by atoms with Crippen LogP contribution in [0.15, 0.2) is 12.3 Å². The van der Waals surface area contributed by atoms with E-state index in [1.54, 1.807) is 19.4 Å². The highest BCUT2D eigenvalue weighted by Crippen LogP contribution is 2.20. The van der Waals surface area contributed by atoms with Crippen molar-refractivity contribution in [2.24, 2.45) is 0 Å². The van der Waals surface area contributed by atoms with Gasteiger partial charge >= 0.3 is 0 Å². The van der Waals surface area contributed by atoms with Crippen molar-refractivity contribution in [2.45, 2.75) is 38.1 Å². The number of nitrogens with one attached hydrogen (secondary N) is 2. The lowest BCUT2D eigenvalue weighted by Crippen LogP contribution is -2.28. The number of anilines is 1. The fourth-order valence-electron chi connectivity index (χ4n) is 2.34. The molecule has 2 rings (SSSR count). The Morgan fingerprint density at radius 1 is 1.40 bits per heavy atom. The average molecular weight is 278 g/mol. The third kappa shape index (κ3) is 4.45. The molecule has 0 aliphatic heterocycles. The first-order valence-corrected chi connectivity index (χ1v) is 7.16. The zero-order chi connectivity index (χ0) is 14.2. The number of nitrogens with zero attached hydrogens (tertiary/aromatic N) is 2. The number of hydrogen-bond donors (Lipinski definition) is 2. The van der Waals surface area contributed by atoms with E-state index in [1.807, 2.05) is 0 Å². The molecule has 1 aromatic heterocycles. The topological polar surface area (TPSA) is 76.1 Å². The first-order valence-electron chi connectivity index (χ1n) is 7.16. The Morgan fingerprint density at radius 3 is 2.95 bits per heavy atom. The Bertz CT molecular complexity index is 433. The molecule has 1 aliphatic rings. The Balaban J connectivity index is 1.91. The van der Waals surface area contributed by atoms with Crippen molar-refractivity contribution in [1.82, 2.24) is 15.3 Å². The van der Waals surface area contributed by atoms with Gasteiger partial charge in [0.2, 0.25) is 5.95 Å². The maximum atomic E-state index is 11.9. The van der Waals surface area contributed by atoms with E-state index in [-0.39, 0.29) is 5.91 Å². The minimum absolute atomic E-state index is 0.198. The molecule has 20 heavy (non-hydrogen) atoms.